The molecule has 0 unspecified atom stereocenters. The molecule has 1 aliphatic heterocycles. The number of rotatable bonds is 3. The number of aromatic nitrogens is 2. The van der Waals surface area contributed by atoms with E-state index in [9.17, 15) is 14.4 Å². The van der Waals surface area contributed by atoms with E-state index in [1.165, 1.54) is 0 Å². The number of nitrogens with one attached hydrogen (secondary N) is 1. The Bertz CT molecular complexity index is 767. The highest BCUT2D eigenvalue weighted by Crippen LogP contribution is 2.15. The van der Waals surface area contributed by atoms with E-state index in [4.69, 9.17) is 9.47 Å². The van der Waals surface area contributed by atoms with Gasteiger partial charge in [-0.3, -0.25) is 9.59 Å². The molecule has 0 bridgehead atoms. The number of nitrogens with zero attached hydrogens (tertiary/aromatic N) is 1. The molecule has 1 N–H and O–H groups in total. The van der Waals surface area contributed by atoms with E-state index in [-0.39, 0.29) is 18.6 Å². The van der Waals surface area contributed by atoms with Gasteiger partial charge in [0.1, 0.15) is 0 Å². The number of esters is 2. The lowest BCUT2D eigenvalue weighted by molar-refractivity contribution is -0.159. The first-order valence-electron chi connectivity index (χ1n) is 6.47. The highest BCUT2D eigenvalue weighted by atomic mass is 16.6. The largest absolute Gasteiger partial charge is 0.463 e. The third-order valence-corrected chi connectivity index (χ3v) is 3.25. The smallest absolute Gasteiger partial charge is 0.347 e. The van der Waals surface area contributed by atoms with Gasteiger partial charge in [-0.2, -0.15) is 5.10 Å². The molecule has 1 aliphatic rings. The number of carbonyl (C=O) groups is 2. The second-order valence-corrected chi connectivity index (χ2v) is 4.66. The number of cyclic esters (lactones) is 1. The Morgan fingerprint density at radius 2 is 2.10 bits per heavy atom. The molecule has 0 saturated carbocycles. The van der Waals surface area contributed by atoms with Crippen molar-refractivity contribution < 1.29 is 19.1 Å². The summed E-state index contributed by atoms with van der Waals surface area (Å²) in [5, 5.41) is 7.28. The van der Waals surface area contributed by atoms with Gasteiger partial charge < -0.3 is 9.47 Å². The average molecular weight is 288 g/mol. The molecule has 7 nitrogen and oxygen atoms in total. The molecule has 3 rings (SSSR count). The van der Waals surface area contributed by atoms with E-state index in [1.54, 1.807) is 24.3 Å². The number of benzene rings is 1. The molecule has 1 atom stereocenters. The molecule has 7 heteroatoms. The molecule has 2 heterocycles. The average Bonchev–Trinajstić information content (AvgIpc) is 2.88. The van der Waals surface area contributed by atoms with Gasteiger partial charge in [0.2, 0.25) is 6.10 Å². The highest BCUT2D eigenvalue weighted by Gasteiger charge is 2.30. The Labute approximate surface area is 118 Å². The lowest BCUT2D eigenvalue weighted by Gasteiger charge is -2.08. The summed E-state index contributed by atoms with van der Waals surface area (Å²) in [6.07, 6.45) is -0.600. The van der Waals surface area contributed by atoms with Gasteiger partial charge >= 0.3 is 11.9 Å². The van der Waals surface area contributed by atoms with E-state index >= 15 is 0 Å². The first-order valence-corrected chi connectivity index (χ1v) is 6.47. The van der Waals surface area contributed by atoms with Gasteiger partial charge in [-0.05, 0) is 6.07 Å². The molecular weight excluding hydrogens is 276 g/mol. The van der Waals surface area contributed by atoms with E-state index < -0.39 is 18.0 Å². The fraction of sp³-hybridized carbons (Fsp3) is 0.286. The molecule has 0 amide bonds. The van der Waals surface area contributed by atoms with Crippen LogP contribution in [0.2, 0.25) is 0 Å². The SMILES string of the molecule is O=C(Cc1n[nH]c(=O)c2ccccc12)O[C@@H]1CCOC1=O. The third kappa shape index (κ3) is 2.62. The summed E-state index contributed by atoms with van der Waals surface area (Å²) < 4.78 is 9.78. The van der Waals surface area contributed by atoms with Crippen molar-refractivity contribution in [3.8, 4) is 0 Å². The van der Waals surface area contributed by atoms with Crippen molar-refractivity contribution in [3.63, 3.8) is 0 Å². The van der Waals surface area contributed by atoms with Crippen LogP contribution in [0.3, 0.4) is 0 Å². The Kier molecular flexibility index (Phi) is 3.39. The Morgan fingerprint density at radius 1 is 1.33 bits per heavy atom. The third-order valence-electron chi connectivity index (χ3n) is 3.25. The predicted molar refractivity (Wildman–Crippen MR) is 71.5 cm³/mol. The summed E-state index contributed by atoms with van der Waals surface area (Å²) in [6.45, 7) is 0.261. The van der Waals surface area contributed by atoms with Gasteiger partial charge in [-0.15, -0.1) is 0 Å². The molecule has 0 spiro atoms. The van der Waals surface area contributed by atoms with Crippen LogP contribution in [0.1, 0.15) is 12.1 Å². The van der Waals surface area contributed by atoms with Crippen LogP contribution in [0, 0.1) is 0 Å². The van der Waals surface area contributed by atoms with Crippen LogP contribution in [-0.4, -0.2) is 34.8 Å². The molecule has 0 radical (unpaired) electrons. The summed E-state index contributed by atoms with van der Waals surface area (Å²) in [4.78, 5) is 34.8. The minimum absolute atomic E-state index is 0.124. The minimum Gasteiger partial charge on any atom is -0.463 e. The van der Waals surface area contributed by atoms with Gasteiger partial charge in [0.15, 0.2) is 0 Å². The molecule has 21 heavy (non-hydrogen) atoms. The van der Waals surface area contributed by atoms with E-state index in [1.807, 2.05) is 0 Å². The van der Waals surface area contributed by atoms with Crippen LogP contribution >= 0.6 is 0 Å². The van der Waals surface area contributed by atoms with Crippen LogP contribution in [0.5, 0.6) is 0 Å². The maximum Gasteiger partial charge on any atom is 0.347 e. The highest BCUT2D eigenvalue weighted by molar-refractivity contribution is 5.87. The topological polar surface area (TPSA) is 98.3 Å². The molecule has 1 fully saturated rings. The van der Waals surface area contributed by atoms with Crippen molar-refractivity contribution in [1.82, 2.24) is 10.2 Å². The lowest BCUT2D eigenvalue weighted by Crippen LogP contribution is -2.24. The maximum absolute atomic E-state index is 11.9. The van der Waals surface area contributed by atoms with Gasteiger partial charge in [0, 0.05) is 11.8 Å². The van der Waals surface area contributed by atoms with Crippen LogP contribution in [0.15, 0.2) is 29.1 Å². The first-order chi connectivity index (χ1) is 10.1. The number of fused-ring (bicyclic) bond motifs is 1. The predicted octanol–water partition coefficient (Wildman–Crippen LogP) is 0.324. The Balaban J connectivity index is 1.82. The normalized spacial score (nSPS) is 17.7. The quantitative estimate of drug-likeness (QED) is 0.817. The molecular formula is C14H12N2O5. The Hall–Kier alpha value is -2.70. The van der Waals surface area contributed by atoms with E-state index in [0.29, 0.717) is 22.9 Å². The fourth-order valence-corrected chi connectivity index (χ4v) is 2.23. The monoisotopic (exact) mass is 288 g/mol. The molecule has 1 aromatic carbocycles. The first kappa shape index (κ1) is 13.3. The van der Waals surface area contributed by atoms with Gasteiger partial charge in [0.25, 0.3) is 5.56 Å². The standard InChI is InChI=1S/C14H12N2O5/c17-12(21-11-5-6-20-14(11)19)7-10-8-3-1-2-4-9(8)13(18)16-15-10/h1-4,11H,5-7H2,(H,16,18)/t11-/m1/s1. The van der Waals surface area contributed by atoms with Gasteiger partial charge in [-0.25, -0.2) is 9.89 Å². The minimum atomic E-state index is -0.841. The number of hydrogen-bond acceptors (Lipinski definition) is 6. The maximum atomic E-state index is 11.9. The van der Waals surface area contributed by atoms with Crippen molar-refractivity contribution in [2.75, 3.05) is 6.61 Å². The summed E-state index contributed by atoms with van der Waals surface area (Å²) in [5.41, 5.74) is 0.0867. The number of aromatic amines is 1. The van der Waals surface area contributed by atoms with Crippen molar-refractivity contribution in [2.24, 2.45) is 0 Å². The number of ether oxygens (including phenoxy) is 2. The number of H-pyrrole nitrogens is 1. The molecule has 108 valence electrons. The zero-order chi connectivity index (χ0) is 14.8. The summed E-state index contributed by atoms with van der Waals surface area (Å²) >= 11 is 0. The van der Waals surface area contributed by atoms with Gasteiger partial charge in [0.05, 0.1) is 24.1 Å². The van der Waals surface area contributed by atoms with Crippen molar-refractivity contribution in [3.05, 3.63) is 40.3 Å². The Morgan fingerprint density at radius 3 is 2.81 bits per heavy atom. The lowest BCUT2D eigenvalue weighted by atomic mass is 10.1. The molecule has 0 aliphatic carbocycles. The second kappa shape index (κ2) is 5.35. The van der Waals surface area contributed by atoms with E-state index in [2.05, 4.69) is 10.2 Å². The fourth-order valence-electron chi connectivity index (χ4n) is 2.23. The summed E-state index contributed by atoms with van der Waals surface area (Å²) in [5.74, 6) is -1.11. The molecule has 2 aromatic rings. The van der Waals surface area contributed by atoms with Crippen molar-refractivity contribution in [1.29, 1.82) is 0 Å². The van der Waals surface area contributed by atoms with Crippen LogP contribution in [-0.2, 0) is 25.5 Å². The molecule has 1 aromatic heterocycles. The van der Waals surface area contributed by atoms with Crippen LogP contribution in [0.4, 0.5) is 0 Å². The van der Waals surface area contributed by atoms with E-state index in [0.717, 1.165) is 0 Å². The second-order valence-electron chi connectivity index (χ2n) is 4.66. The van der Waals surface area contributed by atoms with Crippen LogP contribution in [0.25, 0.3) is 10.8 Å². The van der Waals surface area contributed by atoms with Crippen molar-refractivity contribution >= 4 is 22.7 Å². The zero-order valence-electron chi connectivity index (χ0n) is 11.0. The summed E-state index contributed by atoms with van der Waals surface area (Å²) in [6, 6.07) is 6.85. The van der Waals surface area contributed by atoms with Crippen LogP contribution < -0.4 is 5.56 Å². The summed E-state index contributed by atoms with van der Waals surface area (Å²) in [7, 11) is 0. The zero-order valence-corrected chi connectivity index (χ0v) is 11.0. The van der Waals surface area contributed by atoms with Gasteiger partial charge in [-0.1, -0.05) is 18.2 Å². The molecule has 1 saturated heterocycles. The number of carbonyl (C=O) groups excluding carboxylic acids is 2. The number of hydrogen-bond donors (Lipinski definition) is 1. The van der Waals surface area contributed by atoms with Crippen molar-refractivity contribution in [2.45, 2.75) is 18.9 Å².